The molecule has 10 nitrogen and oxygen atoms in total. The number of nitrogens with zero attached hydrogens (tertiary/aromatic N) is 2. The number of benzene rings is 2. The van der Waals surface area contributed by atoms with E-state index in [1.807, 2.05) is 27.7 Å². The summed E-state index contributed by atoms with van der Waals surface area (Å²) in [6.45, 7) is 10.6. The van der Waals surface area contributed by atoms with Gasteiger partial charge in [0.15, 0.2) is 0 Å². The van der Waals surface area contributed by atoms with Crippen molar-refractivity contribution in [3.63, 3.8) is 0 Å². The fourth-order valence-corrected chi connectivity index (χ4v) is 4.78. The lowest BCUT2D eigenvalue weighted by molar-refractivity contribution is -0.127. The van der Waals surface area contributed by atoms with E-state index in [0.29, 0.717) is 38.5 Å². The van der Waals surface area contributed by atoms with E-state index >= 15 is 0 Å². The zero-order valence-corrected chi connectivity index (χ0v) is 26.2. The number of nitrogens with two attached hydrogens (primary N) is 1. The van der Waals surface area contributed by atoms with Crippen molar-refractivity contribution in [2.24, 2.45) is 11.7 Å². The Labute approximate surface area is 257 Å². The maximum atomic E-state index is 14.0. The van der Waals surface area contributed by atoms with Gasteiger partial charge in [-0.3, -0.25) is 24.6 Å². The summed E-state index contributed by atoms with van der Waals surface area (Å²) in [4.78, 5) is 53.0. The van der Waals surface area contributed by atoms with Crippen LogP contribution in [0.15, 0.2) is 36.4 Å². The van der Waals surface area contributed by atoms with Crippen LogP contribution in [0.25, 0.3) is 0 Å². The molecule has 2 atom stereocenters. The number of aliphatic hydroxyl groups excluding tert-OH is 1. The van der Waals surface area contributed by atoms with E-state index in [-0.39, 0.29) is 59.4 Å². The number of hydrogen-bond acceptors (Lipinski definition) is 6. The van der Waals surface area contributed by atoms with Crippen LogP contribution in [0.3, 0.4) is 0 Å². The molecule has 0 spiro atoms. The maximum Gasteiger partial charge on any atom is 0.253 e. The van der Waals surface area contributed by atoms with Gasteiger partial charge in [-0.05, 0) is 61.1 Å². The highest BCUT2D eigenvalue weighted by Crippen LogP contribution is 2.17. The van der Waals surface area contributed by atoms with Gasteiger partial charge in [-0.1, -0.05) is 34.6 Å². The number of nitrogens with one attached hydrogen (secondary N) is 2. The zero-order valence-electron chi connectivity index (χ0n) is 26.2. The van der Waals surface area contributed by atoms with Crippen molar-refractivity contribution in [3.8, 4) is 0 Å². The molecule has 0 aliphatic rings. The fourth-order valence-electron chi connectivity index (χ4n) is 4.78. The Morgan fingerprint density at radius 3 is 1.98 bits per heavy atom. The standard InChI is InChI=1S/C32H45F2N5O5/c1-6-9-38(10-7-2)32(44)24-16-22(30(35)42)15-23(17-24)31(43)36-27(14-21-12-25(33)18-26(34)13-21)28(40)19-39(8-3)37-29(41)11-20(4)5/h12-13,15-18,20,27-28,40H,6-11,14,19H2,1-5H3,(H2,35,42)(H,36,43)(H,37,41). The Morgan fingerprint density at radius 2 is 1.45 bits per heavy atom. The van der Waals surface area contributed by atoms with Crippen LogP contribution in [0.5, 0.6) is 0 Å². The van der Waals surface area contributed by atoms with Crippen LogP contribution in [-0.4, -0.2) is 77.0 Å². The van der Waals surface area contributed by atoms with Crippen LogP contribution in [0.1, 0.15) is 90.5 Å². The molecule has 0 aromatic heterocycles. The number of primary amides is 1. The zero-order chi connectivity index (χ0) is 33.0. The average molecular weight is 618 g/mol. The molecule has 0 saturated carbocycles. The molecule has 44 heavy (non-hydrogen) atoms. The summed E-state index contributed by atoms with van der Waals surface area (Å²) in [7, 11) is 0. The molecule has 0 bridgehead atoms. The Kier molecular flexibility index (Phi) is 14.4. The summed E-state index contributed by atoms with van der Waals surface area (Å²) in [6.07, 6.45) is 0.208. The summed E-state index contributed by atoms with van der Waals surface area (Å²) in [5, 5.41) is 15.4. The van der Waals surface area contributed by atoms with E-state index < -0.39 is 35.6 Å². The molecule has 4 amide bonds. The van der Waals surface area contributed by atoms with Gasteiger partial charge in [0, 0.05) is 55.4 Å². The molecule has 0 aliphatic carbocycles. The smallest absolute Gasteiger partial charge is 0.253 e. The third kappa shape index (κ3) is 11.3. The highest BCUT2D eigenvalue weighted by Gasteiger charge is 2.27. The minimum Gasteiger partial charge on any atom is -0.390 e. The normalized spacial score (nSPS) is 12.6. The largest absolute Gasteiger partial charge is 0.390 e. The summed E-state index contributed by atoms with van der Waals surface area (Å²) in [5.41, 5.74) is 8.41. The predicted molar refractivity (Wildman–Crippen MR) is 164 cm³/mol. The Hall–Kier alpha value is -3.90. The van der Waals surface area contributed by atoms with Gasteiger partial charge < -0.3 is 21.1 Å². The first-order valence-electron chi connectivity index (χ1n) is 15.0. The molecule has 12 heteroatoms. The van der Waals surface area contributed by atoms with E-state index in [9.17, 15) is 33.1 Å². The minimum atomic E-state index is -1.31. The van der Waals surface area contributed by atoms with E-state index in [2.05, 4.69) is 10.7 Å². The molecular formula is C32H45F2N5O5. The molecule has 0 fully saturated rings. The second-order valence-corrected chi connectivity index (χ2v) is 11.3. The number of carbonyl (C=O) groups excluding carboxylic acids is 4. The van der Waals surface area contributed by atoms with Gasteiger partial charge in [-0.15, -0.1) is 0 Å². The fraction of sp³-hybridized carbons (Fsp3) is 0.500. The Bertz CT molecular complexity index is 1280. The number of amides is 4. The van der Waals surface area contributed by atoms with Crippen molar-refractivity contribution in [2.75, 3.05) is 26.2 Å². The van der Waals surface area contributed by atoms with Gasteiger partial charge in [0.1, 0.15) is 11.6 Å². The number of aliphatic hydroxyl groups is 1. The van der Waals surface area contributed by atoms with Crippen molar-refractivity contribution in [3.05, 3.63) is 70.3 Å². The molecule has 0 saturated heterocycles. The van der Waals surface area contributed by atoms with E-state index in [4.69, 9.17) is 5.73 Å². The molecule has 0 radical (unpaired) electrons. The SMILES string of the molecule is CCCN(CCC)C(=O)c1cc(C(N)=O)cc(C(=O)NC(Cc2cc(F)cc(F)c2)C(O)CN(CC)NC(=O)CC(C)C)c1. The van der Waals surface area contributed by atoms with Crippen LogP contribution in [0, 0.1) is 17.6 Å². The van der Waals surface area contributed by atoms with Gasteiger partial charge in [0.2, 0.25) is 11.8 Å². The molecule has 2 aromatic carbocycles. The Morgan fingerprint density at radius 1 is 0.886 bits per heavy atom. The molecule has 242 valence electrons. The molecule has 2 aromatic rings. The quantitative estimate of drug-likeness (QED) is 0.200. The van der Waals surface area contributed by atoms with E-state index in [0.717, 1.165) is 12.1 Å². The van der Waals surface area contributed by atoms with Gasteiger partial charge in [0.05, 0.1) is 12.1 Å². The molecule has 2 rings (SSSR count). The third-order valence-electron chi connectivity index (χ3n) is 6.83. The molecule has 0 aliphatic heterocycles. The number of hydrogen-bond donors (Lipinski definition) is 4. The first-order valence-corrected chi connectivity index (χ1v) is 15.0. The van der Waals surface area contributed by atoms with Crippen molar-refractivity contribution in [1.29, 1.82) is 0 Å². The topological polar surface area (TPSA) is 145 Å². The predicted octanol–water partition coefficient (Wildman–Crippen LogP) is 3.43. The van der Waals surface area contributed by atoms with Crippen molar-refractivity contribution in [2.45, 2.75) is 72.4 Å². The van der Waals surface area contributed by atoms with Crippen LogP contribution in [-0.2, 0) is 11.2 Å². The number of carbonyl (C=O) groups is 4. The maximum absolute atomic E-state index is 14.0. The van der Waals surface area contributed by atoms with Gasteiger partial charge in [-0.25, -0.2) is 13.8 Å². The lowest BCUT2D eigenvalue weighted by Crippen LogP contribution is -2.53. The lowest BCUT2D eigenvalue weighted by Gasteiger charge is -2.30. The molecule has 0 heterocycles. The second-order valence-electron chi connectivity index (χ2n) is 11.3. The number of halogens is 2. The Balaban J connectivity index is 2.43. The minimum absolute atomic E-state index is 0.0525. The third-order valence-corrected chi connectivity index (χ3v) is 6.83. The summed E-state index contributed by atoms with van der Waals surface area (Å²) >= 11 is 0. The number of rotatable bonds is 17. The average Bonchev–Trinajstić information content (AvgIpc) is 2.94. The lowest BCUT2D eigenvalue weighted by atomic mass is 9.99. The molecule has 2 unspecified atom stereocenters. The molecule has 5 N–H and O–H groups in total. The first kappa shape index (κ1) is 36.3. The van der Waals surface area contributed by atoms with Gasteiger partial charge in [-0.2, -0.15) is 0 Å². The summed E-state index contributed by atoms with van der Waals surface area (Å²) in [6, 6.07) is 5.74. The number of hydrazine groups is 1. The van der Waals surface area contributed by atoms with Crippen molar-refractivity contribution >= 4 is 23.6 Å². The highest BCUT2D eigenvalue weighted by atomic mass is 19.1. The van der Waals surface area contributed by atoms with Crippen LogP contribution in [0.4, 0.5) is 8.78 Å². The monoisotopic (exact) mass is 617 g/mol. The number of likely N-dealkylation sites (N-methyl/N-ethyl adjacent to an activating group) is 1. The first-order chi connectivity index (χ1) is 20.8. The molecular weight excluding hydrogens is 572 g/mol. The van der Waals surface area contributed by atoms with E-state index in [1.54, 1.807) is 11.8 Å². The summed E-state index contributed by atoms with van der Waals surface area (Å²) in [5.74, 6) is -3.73. The van der Waals surface area contributed by atoms with Crippen LogP contribution >= 0.6 is 0 Å². The van der Waals surface area contributed by atoms with E-state index in [1.165, 1.54) is 23.2 Å². The van der Waals surface area contributed by atoms with Crippen molar-refractivity contribution in [1.82, 2.24) is 20.7 Å². The van der Waals surface area contributed by atoms with Crippen molar-refractivity contribution < 1.29 is 33.1 Å². The van der Waals surface area contributed by atoms with Crippen LogP contribution in [0.2, 0.25) is 0 Å². The van der Waals surface area contributed by atoms with Gasteiger partial charge >= 0.3 is 0 Å². The van der Waals surface area contributed by atoms with Gasteiger partial charge in [0.25, 0.3) is 11.8 Å². The summed E-state index contributed by atoms with van der Waals surface area (Å²) < 4.78 is 28.0. The second kappa shape index (κ2) is 17.4. The highest BCUT2D eigenvalue weighted by molar-refractivity contribution is 6.04. The van der Waals surface area contributed by atoms with Crippen LogP contribution < -0.4 is 16.5 Å².